The number of hydrogen-bond donors (Lipinski definition) is 0. The van der Waals surface area contributed by atoms with Gasteiger partial charge < -0.3 is 9.05 Å². The van der Waals surface area contributed by atoms with E-state index in [2.05, 4.69) is 34.6 Å². The van der Waals surface area contributed by atoms with E-state index < -0.39 is 7.60 Å². The molecule has 0 N–H and O–H groups in total. The van der Waals surface area contributed by atoms with Crippen LogP contribution in [0.3, 0.4) is 0 Å². The number of hydrogen-bond acceptors (Lipinski definition) is 3. The maximum Gasteiger partial charge on any atom is 0.330 e. The Labute approximate surface area is 177 Å². The minimum absolute atomic E-state index is 0.503. The van der Waals surface area contributed by atoms with E-state index in [0.717, 1.165) is 38.5 Å². The van der Waals surface area contributed by atoms with Crippen molar-refractivity contribution in [1.82, 2.24) is 0 Å². The fourth-order valence-corrected chi connectivity index (χ4v) is 5.31. The molecule has 0 rings (SSSR count). The summed E-state index contributed by atoms with van der Waals surface area (Å²) in [6, 6.07) is 0. The maximum atomic E-state index is 13.4. The third kappa shape index (κ3) is 15.1. The zero-order valence-corrected chi connectivity index (χ0v) is 20.7. The van der Waals surface area contributed by atoms with Crippen LogP contribution in [0.4, 0.5) is 0 Å². The smallest absolute Gasteiger partial charge is 0.308 e. The highest BCUT2D eigenvalue weighted by molar-refractivity contribution is 7.53. The SMILES string of the molecule is CCCCCCCCP(=O)(OCC(CC)CCCC)OCC(CC)CCCC. The van der Waals surface area contributed by atoms with Crippen LogP contribution in [-0.2, 0) is 13.6 Å². The molecule has 0 aliphatic rings. The summed E-state index contributed by atoms with van der Waals surface area (Å²) >= 11 is 0. The zero-order chi connectivity index (χ0) is 21.1. The van der Waals surface area contributed by atoms with Crippen molar-refractivity contribution in [2.24, 2.45) is 11.8 Å². The first kappa shape index (κ1) is 28.1. The van der Waals surface area contributed by atoms with Crippen molar-refractivity contribution in [1.29, 1.82) is 0 Å². The fourth-order valence-electron chi connectivity index (χ4n) is 3.49. The highest BCUT2D eigenvalue weighted by Crippen LogP contribution is 2.50. The third-order valence-corrected chi connectivity index (χ3v) is 7.83. The monoisotopic (exact) mass is 418 g/mol. The Hall–Kier alpha value is 0.150. The lowest BCUT2D eigenvalue weighted by atomic mass is 10.0. The molecule has 0 fully saturated rings. The topological polar surface area (TPSA) is 35.5 Å². The Balaban J connectivity index is 4.62. The minimum Gasteiger partial charge on any atom is -0.308 e. The molecule has 0 bridgehead atoms. The van der Waals surface area contributed by atoms with E-state index in [1.807, 2.05) is 0 Å². The van der Waals surface area contributed by atoms with Gasteiger partial charge in [0.15, 0.2) is 0 Å². The molecular weight excluding hydrogens is 367 g/mol. The van der Waals surface area contributed by atoms with Gasteiger partial charge in [-0.3, -0.25) is 4.57 Å². The lowest BCUT2D eigenvalue weighted by molar-refractivity contribution is 0.150. The normalized spacial score (nSPS) is 16.0. The van der Waals surface area contributed by atoms with Crippen LogP contribution in [0.15, 0.2) is 0 Å². The van der Waals surface area contributed by atoms with E-state index in [4.69, 9.17) is 9.05 Å². The predicted octanol–water partition coefficient (Wildman–Crippen LogP) is 9.01. The molecule has 0 spiro atoms. The molecule has 0 saturated carbocycles. The first-order valence-corrected chi connectivity index (χ1v) is 14.2. The Bertz CT molecular complexity index is 349. The Morgan fingerprint density at radius 1 is 0.607 bits per heavy atom. The quantitative estimate of drug-likeness (QED) is 0.138. The highest BCUT2D eigenvalue weighted by atomic mass is 31.2. The Morgan fingerprint density at radius 3 is 1.46 bits per heavy atom. The van der Waals surface area contributed by atoms with Gasteiger partial charge in [-0.1, -0.05) is 105 Å². The van der Waals surface area contributed by atoms with Crippen molar-refractivity contribution in [3.8, 4) is 0 Å². The number of rotatable bonds is 21. The van der Waals surface area contributed by atoms with Gasteiger partial charge in [0.2, 0.25) is 0 Å². The first-order valence-electron chi connectivity index (χ1n) is 12.4. The molecular formula is C24H51O3P. The Kier molecular flexibility index (Phi) is 19.2. The summed E-state index contributed by atoms with van der Waals surface area (Å²) in [6.07, 6.45) is 17.1. The van der Waals surface area contributed by atoms with E-state index in [-0.39, 0.29) is 0 Å². The molecule has 2 atom stereocenters. The van der Waals surface area contributed by atoms with Gasteiger partial charge in [-0.15, -0.1) is 0 Å². The van der Waals surface area contributed by atoms with Crippen LogP contribution in [0.2, 0.25) is 0 Å². The summed E-state index contributed by atoms with van der Waals surface area (Å²) in [5.74, 6) is 1.01. The lowest BCUT2D eigenvalue weighted by Crippen LogP contribution is -2.13. The van der Waals surface area contributed by atoms with E-state index in [1.165, 1.54) is 51.4 Å². The van der Waals surface area contributed by atoms with Gasteiger partial charge >= 0.3 is 7.60 Å². The zero-order valence-electron chi connectivity index (χ0n) is 19.8. The molecule has 0 aliphatic heterocycles. The van der Waals surface area contributed by atoms with Crippen molar-refractivity contribution in [2.75, 3.05) is 19.4 Å². The van der Waals surface area contributed by atoms with Crippen LogP contribution in [0, 0.1) is 11.8 Å². The minimum atomic E-state index is -2.97. The average molecular weight is 419 g/mol. The van der Waals surface area contributed by atoms with Gasteiger partial charge in [0.25, 0.3) is 0 Å². The van der Waals surface area contributed by atoms with E-state index in [1.54, 1.807) is 0 Å². The molecule has 0 saturated heterocycles. The molecule has 28 heavy (non-hydrogen) atoms. The van der Waals surface area contributed by atoms with E-state index in [0.29, 0.717) is 31.2 Å². The second-order valence-electron chi connectivity index (χ2n) is 8.53. The van der Waals surface area contributed by atoms with Gasteiger partial charge in [-0.25, -0.2) is 0 Å². The lowest BCUT2D eigenvalue weighted by Gasteiger charge is -2.24. The first-order chi connectivity index (χ1) is 13.5. The fraction of sp³-hybridized carbons (Fsp3) is 1.00. The summed E-state index contributed by atoms with van der Waals surface area (Å²) in [6.45, 7) is 12.3. The molecule has 0 heterocycles. The molecule has 4 heteroatoms. The van der Waals surface area contributed by atoms with Gasteiger partial charge in [0.1, 0.15) is 0 Å². The van der Waals surface area contributed by atoms with E-state index >= 15 is 0 Å². The van der Waals surface area contributed by atoms with Gasteiger partial charge in [-0.05, 0) is 31.1 Å². The van der Waals surface area contributed by atoms with Crippen LogP contribution in [0.1, 0.15) is 125 Å². The van der Waals surface area contributed by atoms with Crippen LogP contribution in [0.5, 0.6) is 0 Å². The molecule has 3 nitrogen and oxygen atoms in total. The summed E-state index contributed by atoms with van der Waals surface area (Å²) in [5, 5.41) is 0. The maximum absolute atomic E-state index is 13.4. The van der Waals surface area contributed by atoms with Crippen LogP contribution in [-0.4, -0.2) is 19.4 Å². The third-order valence-electron chi connectivity index (χ3n) is 5.89. The van der Waals surface area contributed by atoms with Crippen molar-refractivity contribution in [3.05, 3.63) is 0 Å². The molecule has 0 aliphatic carbocycles. The summed E-state index contributed by atoms with van der Waals surface area (Å²) in [7, 11) is -2.97. The van der Waals surface area contributed by atoms with Crippen LogP contribution < -0.4 is 0 Å². The summed E-state index contributed by atoms with van der Waals surface area (Å²) in [5.41, 5.74) is 0. The van der Waals surface area contributed by atoms with Crippen molar-refractivity contribution >= 4 is 7.60 Å². The number of unbranched alkanes of at least 4 members (excludes halogenated alkanes) is 7. The van der Waals surface area contributed by atoms with Gasteiger partial charge in [0.05, 0.1) is 19.4 Å². The summed E-state index contributed by atoms with van der Waals surface area (Å²) < 4.78 is 25.5. The van der Waals surface area contributed by atoms with Crippen molar-refractivity contribution < 1.29 is 13.6 Å². The molecule has 0 radical (unpaired) electrons. The average Bonchev–Trinajstić information content (AvgIpc) is 2.71. The molecule has 0 aromatic carbocycles. The highest BCUT2D eigenvalue weighted by Gasteiger charge is 2.26. The van der Waals surface area contributed by atoms with Gasteiger partial charge in [0, 0.05) is 0 Å². The summed E-state index contributed by atoms with van der Waals surface area (Å²) in [4.78, 5) is 0. The van der Waals surface area contributed by atoms with E-state index in [9.17, 15) is 4.57 Å². The largest absolute Gasteiger partial charge is 0.330 e. The van der Waals surface area contributed by atoms with Crippen molar-refractivity contribution in [3.63, 3.8) is 0 Å². The van der Waals surface area contributed by atoms with Crippen molar-refractivity contribution in [2.45, 2.75) is 125 Å². The van der Waals surface area contributed by atoms with Gasteiger partial charge in [-0.2, -0.15) is 0 Å². The second kappa shape index (κ2) is 19.1. The van der Waals surface area contributed by atoms with Crippen LogP contribution >= 0.6 is 7.60 Å². The standard InChI is InChI=1S/C24H51O3P/c1-6-11-14-15-16-17-20-28(25,26-21-23(9-4)18-12-7-2)27-22-24(10-5)19-13-8-3/h23-24H,6-22H2,1-5H3. The molecule has 0 aromatic rings. The van der Waals surface area contributed by atoms with Crippen LogP contribution in [0.25, 0.3) is 0 Å². The predicted molar refractivity (Wildman–Crippen MR) is 124 cm³/mol. The molecule has 0 amide bonds. The molecule has 2 unspecified atom stereocenters. The second-order valence-corrected chi connectivity index (χ2v) is 10.7. The molecule has 0 aromatic heterocycles. The molecule has 170 valence electrons. The Morgan fingerprint density at radius 2 is 1.04 bits per heavy atom.